The SMILES string of the molecule is CCC(C)CC(C)n1c(N)nc2c(C)nn(CC)c21. The molecule has 2 N–H and O–H groups in total. The molecule has 0 amide bonds. The number of nitrogens with two attached hydrogens (primary N) is 1. The Bertz CT molecular complexity index is 566. The maximum atomic E-state index is 6.12. The topological polar surface area (TPSA) is 61.7 Å². The molecule has 0 aliphatic rings. The van der Waals surface area contributed by atoms with Gasteiger partial charge in [0.2, 0.25) is 5.95 Å². The van der Waals surface area contributed by atoms with E-state index in [-0.39, 0.29) is 0 Å². The summed E-state index contributed by atoms with van der Waals surface area (Å²) in [4.78, 5) is 4.49. The number of anilines is 1. The summed E-state index contributed by atoms with van der Waals surface area (Å²) in [6.07, 6.45) is 2.30. The molecule has 0 aromatic carbocycles. The number of imidazole rings is 1. The molecule has 2 heterocycles. The summed E-state index contributed by atoms with van der Waals surface area (Å²) in [5, 5.41) is 4.53. The zero-order valence-corrected chi connectivity index (χ0v) is 12.6. The predicted molar refractivity (Wildman–Crippen MR) is 79.1 cm³/mol. The van der Waals surface area contributed by atoms with Crippen LogP contribution in [0, 0.1) is 12.8 Å². The van der Waals surface area contributed by atoms with E-state index in [2.05, 4.69) is 42.3 Å². The summed E-state index contributed by atoms with van der Waals surface area (Å²) >= 11 is 0. The van der Waals surface area contributed by atoms with E-state index in [0.29, 0.717) is 17.9 Å². The van der Waals surface area contributed by atoms with Crippen molar-refractivity contribution in [3.05, 3.63) is 5.69 Å². The lowest BCUT2D eigenvalue weighted by Gasteiger charge is -2.19. The van der Waals surface area contributed by atoms with Crippen LogP contribution in [0.15, 0.2) is 0 Å². The van der Waals surface area contributed by atoms with E-state index in [0.717, 1.165) is 29.8 Å². The van der Waals surface area contributed by atoms with Gasteiger partial charge in [-0.15, -0.1) is 0 Å². The summed E-state index contributed by atoms with van der Waals surface area (Å²) in [6.45, 7) is 11.6. The standard InChI is InChI=1S/C14H25N5/c1-6-9(3)8-10(4)19-13-12(16-14(19)15)11(5)17-18(13)7-2/h9-10H,6-8H2,1-5H3,(H2,15,16). The van der Waals surface area contributed by atoms with Gasteiger partial charge in [0, 0.05) is 12.6 Å². The van der Waals surface area contributed by atoms with Crippen molar-refractivity contribution in [3.8, 4) is 0 Å². The van der Waals surface area contributed by atoms with Crippen LogP contribution in [0.25, 0.3) is 11.2 Å². The lowest BCUT2D eigenvalue weighted by atomic mass is 10.0. The number of fused-ring (bicyclic) bond motifs is 1. The number of hydrogen-bond donors (Lipinski definition) is 1. The molecule has 2 aromatic rings. The Morgan fingerprint density at radius 1 is 1.26 bits per heavy atom. The van der Waals surface area contributed by atoms with Gasteiger partial charge < -0.3 is 5.73 Å². The second-order valence-corrected chi connectivity index (χ2v) is 5.51. The summed E-state index contributed by atoms with van der Waals surface area (Å²) in [5.41, 5.74) is 9.08. The third kappa shape index (κ3) is 2.33. The summed E-state index contributed by atoms with van der Waals surface area (Å²) < 4.78 is 4.14. The maximum Gasteiger partial charge on any atom is 0.202 e. The Hall–Kier alpha value is -1.52. The maximum absolute atomic E-state index is 6.12. The first-order chi connectivity index (χ1) is 8.99. The number of rotatable bonds is 5. The van der Waals surface area contributed by atoms with Gasteiger partial charge in [0.15, 0.2) is 5.65 Å². The van der Waals surface area contributed by atoms with Crippen molar-refractivity contribution < 1.29 is 0 Å². The second-order valence-electron chi connectivity index (χ2n) is 5.51. The monoisotopic (exact) mass is 263 g/mol. The molecule has 0 spiro atoms. The molecule has 2 rings (SSSR count). The first-order valence-electron chi connectivity index (χ1n) is 7.20. The van der Waals surface area contributed by atoms with Gasteiger partial charge in [-0.2, -0.15) is 5.10 Å². The first kappa shape index (κ1) is 13.9. The Morgan fingerprint density at radius 2 is 1.95 bits per heavy atom. The molecule has 106 valence electrons. The number of hydrogen-bond acceptors (Lipinski definition) is 3. The van der Waals surface area contributed by atoms with Gasteiger partial charge in [0.1, 0.15) is 5.52 Å². The Balaban J connectivity index is 2.49. The molecular weight excluding hydrogens is 238 g/mol. The van der Waals surface area contributed by atoms with Crippen molar-refractivity contribution in [1.82, 2.24) is 19.3 Å². The van der Waals surface area contributed by atoms with Crippen molar-refractivity contribution in [3.63, 3.8) is 0 Å². The summed E-state index contributed by atoms with van der Waals surface area (Å²) in [5.74, 6) is 1.29. The average molecular weight is 263 g/mol. The molecule has 5 heteroatoms. The fourth-order valence-corrected chi connectivity index (χ4v) is 2.72. The minimum Gasteiger partial charge on any atom is -0.369 e. The van der Waals surface area contributed by atoms with Crippen molar-refractivity contribution >= 4 is 17.1 Å². The third-order valence-corrected chi connectivity index (χ3v) is 3.95. The number of aromatic nitrogens is 4. The fourth-order valence-electron chi connectivity index (χ4n) is 2.72. The smallest absolute Gasteiger partial charge is 0.202 e. The molecule has 0 saturated heterocycles. The second kappa shape index (κ2) is 5.23. The van der Waals surface area contributed by atoms with Gasteiger partial charge in [-0.3, -0.25) is 4.57 Å². The minimum atomic E-state index is 0.348. The zero-order valence-electron chi connectivity index (χ0n) is 12.6. The highest BCUT2D eigenvalue weighted by Gasteiger charge is 2.21. The van der Waals surface area contributed by atoms with E-state index in [1.165, 1.54) is 6.42 Å². The van der Waals surface area contributed by atoms with Crippen LogP contribution < -0.4 is 5.73 Å². The lowest BCUT2D eigenvalue weighted by Crippen LogP contribution is -2.14. The minimum absolute atomic E-state index is 0.348. The van der Waals surface area contributed by atoms with E-state index >= 15 is 0 Å². The van der Waals surface area contributed by atoms with E-state index < -0.39 is 0 Å². The molecule has 0 fully saturated rings. The van der Waals surface area contributed by atoms with Gasteiger partial charge in [-0.1, -0.05) is 20.3 Å². The highest BCUT2D eigenvalue weighted by molar-refractivity contribution is 5.77. The molecule has 5 nitrogen and oxygen atoms in total. The summed E-state index contributed by atoms with van der Waals surface area (Å²) in [7, 11) is 0. The van der Waals surface area contributed by atoms with Crippen molar-refractivity contribution in [2.45, 2.75) is 60.0 Å². The van der Waals surface area contributed by atoms with Gasteiger partial charge in [0.25, 0.3) is 0 Å². The molecule has 2 unspecified atom stereocenters. The molecule has 0 radical (unpaired) electrons. The van der Waals surface area contributed by atoms with Crippen LogP contribution >= 0.6 is 0 Å². The van der Waals surface area contributed by atoms with E-state index in [4.69, 9.17) is 5.73 Å². The van der Waals surface area contributed by atoms with Gasteiger partial charge in [0.05, 0.1) is 5.69 Å². The normalized spacial score (nSPS) is 15.0. The largest absolute Gasteiger partial charge is 0.369 e. The number of nitrogens with zero attached hydrogens (tertiary/aromatic N) is 4. The van der Waals surface area contributed by atoms with E-state index in [1.807, 2.05) is 11.6 Å². The molecule has 0 bridgehead atoms. The molecule has 0 saturated carbocycles. The molecule has 2 atom stereocenters. The highest BCUT2D eigenvalue weighted by atomic mass is 15.4. The molecule has 0 aliphatic carbocycles. The molecule has 2 aromatic heterocycles. The third-order valence-electron chi connectivity index (χ3n) is 3.95. The highest BCUT2D eigenvalue weighted by Crippen LogP contribution is 2.28. The molecular formula is C14H25N5. The average Bonchev–Trinajstić information content (AvgIpc) is 2.86. The molecule has 19 heavy (non-hydrogen) atoms. The zero-order chi connectivity index (χ0) is 14.2. The van der Waals surface area contributed by atoms with Crippen molar-refractivity contribution in [1.29, 1.82) is 0 Å². The van der Waals surface area contributed by atoms with Crippen LogP contribution in [0.5, 0.6) is 0 Å². The van der Waals surface area contributed by atoms with Crippen LogP contribution in [0.4, 0.5) is 5.95 Å². The van der Waals surface area contributed by atoms with Crippen molar-refractivity contribution in [2.24, 2.45) is 5.92 Å². The van der Waals surface area contributed by atoms with Crippen LogP contribution in [-0.2, 0) is 6.54 Å². The van der Waals surface area contributed by atoms with Gasteiger partial charge >= 0.3 is 0 Å². The van der Waals surface area contributed by atoms with Crippen LogP contribution in [0.2, 0.25) is 0 Å². The quantitative estimate of drug-likeness (QED) is 0.901. The van der Waals surface area contributed by atoms with E-state index in [1.54, 1.807) is 0 Å². The lowest BCUT2D eigenvalue weighted by molar-refractivity contribution is 0.403. The Labute approximate surface area is 114 Å². The predicted octanol–water partition coefficient (Wildman–Crippen LogP) is 3.14. The van der Waals surface area contributed by atoms with Crippen LogP contribution in [0.3, 0.4) is 0 Å². The number of nitrogen functional groups attached to an aromatic ring is 1. The van der Waals surface area contributed by atoms with Crippen LogP contribution in [-0.4, -0.2) is 19.3 Å². The van der Waals surface area contributed by atoms with Gasteiger partial charge in [-0.05, 0) is 33.1 Å². The van der Waals surface area contributed by atoms with E-state index in [9.17, 15) is 0 Å². The Kier molecular flexibility index (Phi) is 3.83. The molecule has 0 aliphatic heterocycles. The van der Waals surface area contributed by atoms with Crippen LogP contribution in [0.1, 0.15) is 52.3 Å². The number of aryl methyl sites for hydroxylation is 2. The van der Waals surface area contributed by atoms with Gasteiger partial charge in [-0.25, -0.2) is 9.67 Å². The Morgan fingerprint density at radius 3 is 2.53 bits per heavy atom. The van der Waals surface area contributed by atoms with Crippen molar-refractivity contribution in [2.75, 3.05) is 5.73 Å². The fraction of sp³-hybridized carbons (Fsp3) is 0.714. The summed E-state index contributed by atoms with van der Waals surface area (Å²) in [6, 6.07) is 0.348. The first-order valence-corrected chi connectivity index (χ1v) is 7.20.